The lowest BCUT2D eigenvalue weighted by Crippen LogP contribution is -2.40. The van der Waals surface area contributed by atoms with E-state index < -0.39 is 0 Å². The highest BCUT2D eigenvalue weighted by molar-refractivity contribution is 9.10. The van der Waals surface area contributed by atoms with Crippen LogP contribution in [0.4, 0.5) is 0 Å². The van der Waals surface area contributed by atoms with Crippen molar-refractivity contribution in [2.45, 2.75) is 19.9 Å². The van der Waals surface area contributed by atoms with Crippen LogP contribution >= 0.6 is 27.5 Å². The summed E-state index contributed by atoms with van der Waals surface area (Å²) in [6.07, 6.45) is 0. The number of likely N-dealkylation sites (N-methyl/N-ethyl adjacent to an activating group) is 1. The van der Waals surface area contributed by atoms with Gasteiger partial charge in [-0.25, -0.2) is 0 Å². The fraction of sp³-hybridized carbons (Fsp3) is 0.625. The van der Waals surface area contributed by atoms with Gasteiger partial charge in [-0.1, -0.05) is 47.4 Å². The molecule has 0 aliphatic rings. The Hall–Kier alpha value is -0.130. The number of benzene rings is 1. The number of nitrogens with zero attached hydrogens (tertiary/aromatic N) is 2. The van der Waals surface area contributed by atoms with Crippen LogP contribution < -0.4 is 5.73 Å². The smallest absolute Gasteiger partial charge is 0.0482 e. The van der Waals surface area contributed by atoms with Gasteiger partial charge >= 0.3 is 0 Å². The predicted octanol–water partition coefficient (Wildman–Crippen LogP) is 3.62. The Morgan fingerprint density at radius 1 is 1.24 bits per heavy atom. The minimum atomic E-state index is 0.207. The number of halogens is 2. The molecule has 5 heteroatoms. The van der Waals surface area contributed by atoms with E-state index in [4.69, 9.17) is 17.3 Å². The topological polar surface area (TPSA) is 32.5 Å². The van der Waals surface area contributed by atoms with Gasteiger partial charge in [-0.15, -0.1) is 0 Å². The second kappa shape index (κ2) is 9.11. The van der Waals surface area contributed by atoms with Crippen LogP contribution in [0, 0.1) is 5.92 Å². The average molecular weight is 377 g/mol. The van der Waals surface area contributed by atoms with Crippen LogP contribution in [0.5, 0.6) is 0 Å². The van der Waals surface area contributed by atoms with Crippen molar-refractivity contribution in [2.75, 3.05) is 40.3 Å². The molecule has 120 valence electrons. The third kappa shape index (κ3) is 6.25. The third-order valence-corrected chi connectivity index (χ3v) is 4.34. The highest BCUT2D eigenvalue weighted by Crippen LogP contribution is 2.30. The first-order chi connectivity index (χ1) is 9.85. The molecule has 3 nitrogen and oxygen atoms in total. The molecule has 0 bridgehead atoms. The minimum Gasteiger partial charge on any atom is -0.329 e. The van der Waals surface area contributed by atoms with E-state index in [-0.39, 0.29) is 6.04 Å². The molecular formula is C16H27BrClN3. The zero-order valence-corrected chi connectivity index (χ0v) is 15.8. The average Bonchev–Trinajstić information content (AvgIpc) is 2.38. The van der Waals surface area contributed by atoms with Crippen molar-refractivity contribution in [3.63, 3.8) is 0 Å². The summed E-state index contributed by atoms with van der Waals surface area (Å²) in [6.45, 7) is 8.14. The van der Waals surface area contributed by atoms with Gasteiger partial charge in [0.1, 0.15) is 0 Å². The molecule has 1 atom stereocenters. The lowest BCUT2D eigenvalue weighted by Gasteiger charge is -2.34. The van der Waals surface area contributed by atoms with E-state index in [1.807, 2.05) is 12.1 Å². The Morgan fingerprint density at radius 2 is 1.90 bits per heavy atom. The molecule has 0 saturated heterocycles. The molecular weight excluding hydrogens is 350 g/mol. The summed E-state index contributed by atoms with van der Waals surface area (Å²) in [4.78, 5) is 4.68. The Kier molecular flexibility index (Phi) is 8.21. The van der Waals surface area contributed by atoms with Gasteiger partial charge in [0, 0.05) is 41.7 Å². The van der Waals surface area contributed by atoms with E-state index >= 15 is 0 Å². The Balaban J connectivity index is 2.98. The zero-order valence-electron chi connectivity index (χ0n) is 13.4. The Labute approximate surface area is 142 Å². The van der Waals surface area contributed by atoms with Crippen molar-refractivity contribution in [1.29, 1.82) is 0 Å². The van der Waals surface area contributed by atoms with Gasteiger partial charge in [-0.05, 0) is 37.7 Å². The molecule has 0 amide bonds. The van der Waals surface area contributed by atoms with E-state index in [9.17, 15) is 0 Å². The maximum atomic E-state index is 6.09. The molecule has 1 aromatic carbocycles. The van der Waals surface area contributed by atoms with Crippen molar-refractivity contribution in [3.05, 3.63) is 33.3 Å². The Bertz CT molecular complexity index is 438. The summed E-state index contributed by atoms with van der Waals surface area (Å²) >= 11 is 9.68. The van der Waals surface area contributed by atoms with Crippen LogP contribution in [-0.4, -0.2) is 50.1 Å². The predicted molar refractivity (Wildman–Crippen MR) is 95.9 cm³/mol. The van der Waals surface area contributed by atoms with Crippen molar-refractivity contribution < 1.29 is 0 Å². The van der Waals surface area contributed by atoms with E-state index in [0.717, 1.165) is 29.1 Å². The molecule has 1 unspecified atom stereocenters. The normalized spacial score (nSPS) is 13.4. The van der Waals surface area contributed by atoms with Gasteiger partial charge in [-0.3, -0.25) is 4.90 Å². The largest absolute Gasteiger partial charge is 0.329 e. The Morgan fingerprint density at radius 3 is 2.38 bits per heavy atom. The summed E-state index contributed by atoms with van der Waals surface area (Å²) in [5.41, 5.74) is 7.30. The molecule has 0 saturated carbocycles. The second-order valence-corrected chi connectivity index (χ2v) is 7.40. The van der Waals surface area contributed by atoms with Gasteiger partial charge in [-0.2, -0.15) is 0 Å². The van der Waals surface area contributed by atoms with Gasteiger partial charge in [0.05, 0.1) is 0 Å². The van der Waals surface area contributed by atoms with E-state index in [1.54, 1.807) is 0 Å². The molecule has 0 spiro atoms. The van der Waals surface area contributed by atoms with Crippen molar-refractivity contribution >= 4 is 27.5 Å². The van der Waals surface area contributed by atoms with Gasteiger partial charge in [0.15, 0.2) is 0 Å². The quantitative estimate of drug-likeness (QED) is 0.752. The third-order valence-electron chi connectivity index (χ3n) is 3.42. The standard InChI is InChI=1S/C16H27BrClN3/c1-12(2)11-21(8-7-20(3)4)16(10-19)14-6-5-13(18)9-15(14)17/h5-6,9,12,16H,7-8,10-11,19H2,1-4H3. The summed E-state index contributed by atoms with van der Waals surface area (Å²) < 4.78 is 1.03. The first-order valence-corrected chi connectivity index (χ1v) is 8.56. The molecule has 0 aliphatic carbocycles. The summed E-state index contributed by atoms with van der Waals surface area (Å²) in [5.74, 6) is 0.604. The summed E-state index contributed by atoms with van der Waals surface area (Å²) in [7, 11) is 4.20. The number of nitrogens with two attached hydrogens (primary N) is 1. The highest BCUT2D eigenvalue weighted by atomic mass is 79.9. The maximum absolute atomic E-state index is 6.09. The van der Waals surface area contributed by atoms with Crippen molar-refractivity contribution in [1.82, 2.24) is 9.80 Å². The van der Waals surface area contributed by atoms with Gasteiger partial charge in [0.25, 0.3) is 0 Å². The number of hydrogen-bond acceptors (Lipinski definition) is 3. The lowest BCUT2D eigenvalue weighted by molar-refractivity contribution is 0.163. The fourth-order valence-electron chi connectivity index (χ4n) is 2.42. The SMILES string of the molecule is CC(C)CN(CCN(C)C)C(CN)c1ccc(Cl)cc1Br. The number of hydrogen-bond donors (Lipinski definition) is 1. The van der Waals surface area contributed by atoms with Crippen LogP contribution in [0.2, 0.25) is 5.02 Å². The highest BCUT2D eigenvalue weighted by Gasteiger charge is 2.22. The van der Waals surface area contributed by atoms with Crippen LogP contribution in [0.15, 0.2) is 22.7 Å². The molecule has 1 aromatic rings. The van der Waals surface area contributed by atoms with Gasteiger partial charge in [0.2, 0.25) is 0 Å². The summed E-state index contributed by atoms with van der Waals surface area (Å²) in [5, 5.41) is 0.741. The van der Waals surface area contributed by atoms with Crippen LogP contribution in [0.3, 0.4) is 0 Å². The fourth-order valence-corrected chi connectivity index (χ4v) is 3.36. The minimum absolute atomic E-state index is 0.207. The molecule has 1 rings (SSSR count). The molecule has 0 fully saturated rings. The zero-order chi connectivity index (χ0) is 16.0. The second-order valence-electron chi connectivity index (χ2n) is 6.11. The van der Waals surface area contributed by atoms with Crippen molar-refractivity contribution in [2.24, 2.45) is 11.7 Å². The summed E-state index contributed by atoms with van der Waals surface area (Å²) in [6, 6.07) is 6.16. The van der Waals surface area contributed by atoms with Gasteiger partial charge < -0.3 is 10.6 Å². The molecule has 0 aliphatic heterocycles. The first kappa shape index (κ1) is 18.9. The van der Waals surface area contributed by atoms with Crippen LogP contribution in [0.1, 0.15) is 25.5 Å². The monoisotopic (exact) mass is 375 g/mol. The number of rotatable bonds is 8. The van der Waals surface area contributed by atoms with Crippen LogP contribution in [-0.2, 0) is 0 Å². The maximum Gasteiger partial charge on any atom is 0.0482 e. The van der Waals surface area contributed by atoms with Crippen molar-refractivity contribution in [3.8, 4) is 0 Å². The lowest BCUT2D eigenvalue weighted by atomic mass is 10.0. The molecule has 21 heavy (non-hydrogen) atoms. The molecule has 0 heterocycles. The van der Waals surface area contributed by atoms with E-state index in [0.29, 0.717) is 12.5 Å². The molecule has 2 N–H and O–H groups in total. The molecule has 0 radical (unpaired) electrons. The molecule has 0 aromatic heterocycles. The van der Waals surface area contributed by atoms with E-state index in [2.05, 4.69) is 59.7 Å². The van der Waals surface area contributed by atoms with E-state index in [1.165, 1.54) is 5.56 Å². The first-order valence-electron chi connectivity index (χ1n) is 7.39. The van der Waals surface area contributed by atoms with Crippen LogP contribution in [0.25, 0.3) is 0 Å².